The molecule has 2 rings (SSSR count). The van der Waals surface area contributed by atoms with Crippen molar-refractivity contribution < 1.29 is 9.53 Å². The summed E-state index contributed by atoms with van der Waals surface area (Å²) in [6, 6.07) is 0. The lowest BCUT2D eigenvalue weighted by Crippen LogP contribution is -2.06. The maximum atomic E-state index is 11.0. The Balaban J connectivity index is 2.38. The molecule has 2 heterocycles. The van der Waals surface area contributed by atoms with Crippen LogP contribution < -0.4 is 0 Å². The van der Waals surface area contributed by atoms with Crippen molar-refractivity contribution >= 4 is 11.6 Å². The zero-order valence-corrected chi connectivity index (χ0v) is 7.67. The van der Waals surface area contributed by atoms with E-state index in [0.29, 0.717) is 0 Å². The number of nitrogens with zero attached hydrogens (tertiary/aromatic N) is 3. The Morgan fingerprint density at radius 3 is 3.21 bits per heavy atom. The van der Waals surface area contributed by atoms with E-state index < -0.39 is 0 Å². The van der Waals surface area contributed by atoms with E-state index in [2.05, 4.69) is 14.7 Å². The highest BCUT2D eigenvalue weighted by Crippen LogP contribution is 2.05. The Hall–Kier alpha value is -1.91. The van der Waals surface area contributed by atoms with Crippen molar-refractivity contribution in [2.45, 2.75) is 6.42 Å². The van der Waals surface area contributed by atoms with Crippen molar-refractivity contribution in [3.8, 4) is 0 Å². The quantitative estimate of drug-likeness (QED) is 0.646. The van der Waals surface area contributed by atoms with Gasteiger partial charge in [0, 0.05) is 18.6 Å². The van der Waals surface area contributed by atoms with Gasteiger partial charge in [-0.25, -0.2) is 4.98 Å². The van der Waals surface area contributed by atoms with Crippen LogP contribution in [0.15, 0.2) is 24.8 Å². The molecule has 0 bridgehead atoms. The molecule has 0 N–H and O–H groups in total. The van der Waals surface area contributed by atoms with E-state index in [1.807, 2.05) is 4.40 Å². The number of fused-ring (bicyclic) bond motifs is 1. The van der Waals surface area contributed by atoms with Gasteiger partial charge in [-0.05, 0) is 0 Å². The van der Waals surface area contributed by atoms with E-state index in [4.69, 9.17) is 0 Å². The van der Waals surface area contributed by atoms with Gasteiger partial charge in [-0.1, -0.05) is 0 Å². The first kappa shape index (κ1) is 8.68. The molecule has 0 aliphatic carbocycles. The number of hydrogen-bond donors (Lipinski definition) is 0. The summed E-state index contributed by atoms with van der Waals surface area (Å²) in [6.45, 7) is 0. The molecular weight excluding hydrogens is 182 g/mol. The summed E-state index contributed by atoms with van der Waals surface area (Å²) >= 11 is 0. The first-order chi connectivity index (χ1) is 6.81. The first-order valence-electron chi connectivity index (χ1n) is 4.14. The number of carbonyl (C=O) groups is 1. The van der Waals surface area contributed by atoms with Crippen LogP contribution in [0.3, 0.4) is 0 Å². The molecule has 5 nitrogen and oxygen atoms in total. The molecule has 72 valence electrons. The molecular formula is C9H9N3O2. The normalized spacial score (nSPS) is 10.4. The molecule has 2 aromatic heterocycles. The van der Waals surface area contributed by atoms with Gasteiger partial charge in [-0.2, -0.15) is 0 Å². The van der Waals surface area contributed by atoms with Crippen LogP contribution in [-0.4, -0.2) is 27.4 Å². The third kappa shape index (κ3) is 1.44. The summed E-state index contributed by atoms with van der Waals surface area (Å²) in [5, 5.41) is 0. The summed E-state index contributed by atoms with van der Waals surface area (Å²) in [7, 11) is 1.37. The van der Waals surface area contributed by atoms with Crippen LogP contribution >= 0.6 is 0 Å². The van der Waals surface area contributed by atoms with Gasteiger partial charge in [0.15, 0.2) is 5.65 Å². The largest absolute Gasteiger partial charge is 0.469 e. The zero-order valence-electron chi connectivity index (χ0n) is 7.67. The summed E-state index contributed by atoms with van der Waals surface area (Å²) in [5.41, 5.74) is 1.53. The second kappa shape index (κ2) is 3.45. The van der Waals surface area contributed by atoms with Gasteiger partial charge < -0.3 is 9.14 Å². The van der Waals surface area contributed by atoms with Crippen LogP contribution in [0.4, 0.5) is 0 Å². The van der Waals surface area contributed by atoms with Gasteiger partial charge in [0.05, 0.1) is 25.4 Å². The number of methoxy groups -OCH3 is 1. The molecule has 0 amide bonds. The summed E-state index contributed by atoms with van der Waals surface area (Å²) in [4.78, 5) is 19.1. The second-order valence-electron chi connectivity index (χ2n) is 2.81. The van der Waals surface area contributed by atoms with Gasteiger partial charge in [0.25, 0.3) is 0 Å². The fourth-order valence-electron chi connectivity index (χ4n) is 1.25. The third-order valence-corrected chi connectivity index (χ3v) is 1.95. The zero-order chi connectivity index (χ0) is 9.97. The standard InChI is InChI=1S/C9H9N3O2/c1-14-9(13)4-7-5-11-8-6-10-2-3-12(7)8/h2-3,5-6H,4H2,1H3. The van der Waals surface area contributed by atoms with E-state index in [9.17, 15) is 4.79 Å². The van der Waals surface area contributed by atoms with Gasteiger partial charge >= 0.3 is 5.97 Å². The van der Waals surface area contributed by atoms with Crippen molar-refractivity contribution in [2.24, 2.45) is 0 Å². The highest BCUT2D eigenvalue weighted by molar-refractivity contribution is 5.72. The Labute approximate surface area is 80.4 Å². The van der Waals surface area contributed by atoms with Crippen LogP contribution in [0.2, 0.25) is 0 Å². The lowest BCUT2D eigenvalue weighted by atomic mass is 10.3. The molecule has 0 spiro atoms. The van der Waals surface area contributed by atoms with Crippen LogP contribution in [0.5, 0.6) is 0 Å². The molecule has 0 saturated heterocycles. The molecule has 14 heavy (non-hydrogen) atoms. The van der Waals surface area contributed by atoms with E-state index in [0.717, 1.165) is 11.3 Å². The fourth-order valence-corrected chi connectivity index (χ4v) is 1.25. The summed E-state index contributed by atoms with van der Waals surface area (Å²) < 4.78 is 6.39. The third-order valence-electron chi connectivity index (χ3n) is 1.95. The smallest absolute Gasteiger partial charge is 0.311 e. The molecule has 0 aliphatic heterocycles. The molecule has 5 heteroatoms. The molecule has 0 saturated carbocycles. The SMILES string of the molecule is COC(=O)Cc1cnc2cnccn12. The van der Waals surface area contributed by atoms with Gasteiger partial charge in [-0.15, -0.1) is 0 Å². The van der Waals surface area contributed by atoms with E-state index in [1.54, 1.807) is 24.8 Å². The molecule has 0 aromatic carbocycles. The minimum Gasteiger partial charge on any atom is -0.469 e. The number of ether oxygens (including phenoxy) is 1. The van der Waals surface area contributed by atoms with Crippen molar-refractivity contribution in [3.63, 3.8) is 0 Å². The maximum absolute atomic E-state index is 11.0. The van der Waals surface area contributed by atoms with Crippen molar-refractivity contribution in [3.05, 3.63) is 30.5 Å². The number of carbonyl (C=O) groups excluding carboxylic acids is 1. The van der Waals surface area contributed by atoms with Crippen molar-refractivity contribution in [1.82, 2.24) is 14.4 Å². The Morgan fingerprint density at radius 2 is 2.43 bits per heavy atom. The lowest BCUT2D eigenvalue weighted by Gasteiger charge is -1.99. The highest BCUT2D eigenvalue weighted by atomic mass is 16.5. The Kier molecular flexibility index (Phi) is 2.14. The Bertz CT molecular complexity index is 464. The van der Waals surface area contributed by atoms with Crippen molar-refractivity contribution in [2.75, 3.05) is 7.11 Å². The van der Waals surface area contributed by atoms with E-state index in [-0.39, 0.29) is 12.4 Å². The highest BCUT2D eigenvalue weighted by Gasteiger charge is 2.07. The predicted molar refractivity (Wildman–Crippen MR) is 48.7 cm³/mol. The topological polar surface area (TPSA) is 56.5 Å². The number of imidazole rings is 1. The molecule has 0 radical (unpaired) electrons. The molecule has 0 fully saturated rings. The Morgan fingerprint density at radius 1 is 1.57 bits per heavy atom. The summed E-state index contributed by atoms with van der Waals surface area (Å²) in [6.07, 6.45) is 6.92. The lowest BCUT2D eigenvalue weighted by molar-refractivity contribution is -0.139. The monoisotopic (exact) mass is 191 g/mol. The molecule has 0 atom stereocenters. The molecule has 0 unspecified atom stereocenters. The number of hydrogen-bond acceptors (Lipinski definition) is 4. The predicted octanol–water partition coefficient (Wildman–Crippen LogP) is 0.445. The van der Waals surface area contributed by atoms with Gasteiger partial charge in [0.1, 0.15) is 0 Å². The molecule has 2 aromatic rings. The minimum absolute atomic E-state index is 0.224. The van der Waals surface area contributed by atoms with Crippen molar-refractivity contribution in [1.29, 1.82) is 0 Å². The average molecular weight is 191 g/mol. The van der Waals surface area contributed by atoms with Gasteiger partial charge in [0.2, 0.25) is 0 Å². The molecule has 0 aliphatic rings. The van der Waals surface area contributed by atoms with Crippen LogP contribution in [0.25, 0.3) is 5.65 Å². The van der Waals surface area contributed by atoms with Crippen LogP contribution in [-0.2, 0) is 16.0 Å². The van der Waals surface area contributed by atoms with E-state index >= 15 is 0 Å². The number of esters is 1. The number of rotatable bonds is 2. The summed E-state index contributed by atoms with van der Waals surface area (Å²) in [5.74, 6) is -0.274. The van der Waals surface area contributed by atoms with Crippen LogP contribution in [0.1, 0.15) is 5.69 Å². The first-order valence-corrected chi connectivity index (χ1v) is 4.14. The fraction of sp³-hybridized carbons (Fsp3) is 0.222. The van der Waals surface area contributed by atoms with E-state index in [1.165, 1.54) is 7.11 Å². The maximum Gasteiger partial charge on any atom is 0.311 e. The second-order valence-corrected chi connectivity index (χ2v) is 2.81. The number of aromatic nitrogens is 3. The minimum atomic E-state index is -0.274. The van der Waals surface area contributed by atoms with Gasteiger partial charge in [-0.3, -0.25) is 9.78 Å². The van der Waals surface area contributed by atoms with Crippen LogP contribution in [0, 0.1) is 0 Å². The average Bonchev–Trinajstić information content (AvgIpc) is 2.62.